The Morgan fingerprint density at radius 1 is 0.852 bits per heavy atom. The van der Waals surface area contributed by atoms with Gasteiger partial charge in [0.1, 0.15) is 0 Å². The second-order valence-corrected chi connectivity index (χ2v) is 6.70. The fourth-order valence-corrected chi connectivity index (χ4v) is 2.87. The summed E-state index contributed by atoms with van der Waals surface area (Å²) < 4.78 is 0. The Morgan fingerprint density at radius 2 is 1.44 bits per heavy atom. The van der Waals surface area contributed by atoms with E-state index in [1.54, 1.807) is 24.3 Å². The highest BCUT2D eigenvalue weighted by molar-refractivity contribution is 5.95. The zero-order valence-electron chi connectivity index (χ0n) is 16.8. The largest absolute Gasteiger partial charge is 0.354 e. The van der Waals surface area contributed by atoms with Crippen LogP contribution >= 0.6 is 0 Å². The molecule has 1 rings (SSSR count). The molecule has 0 heterocycles. The molecule has 27 heavy (non-hydrogen) atoms. The van der Waals surface area contributed by atoms with Crippen molar-refractivity contribution in [2.24, 2.45) is 5.92 Å². The van der Waals surface area contributed by atoms with Crippen LogP contribution in [0, 0.1) is 5.92 Å². The summed E-state index contributed by atoms with van der Waals surface area (Å²) in [4.78, 5) is 35.9. The highest BCUT2D eigenvalue weighted by atomic mass is 16.2. The fourth-order valence-electron chi connectivity index (χ4n) is 2.87. The van der Waals surface area contributed by atoms with Gasteiger partial charge >= 0.3 is 0 Å². The Hall–Kier alpha value is -2.37. The van der Waals surface area contributed by atoms with E-state index in [2.05, 4.69) is 29.8 Å². The summed E-state index contributed by atoms with van der Waals surface area (Å²) in [5.41, 5.74) is 1.19. The van der Waals surface area contributed by atoms with E-state index in [1.165, 1.54) is 0 Å². The lowest BCUT2D eigenvalue weighted by atomic mass is 9.97. The third-order valence-electron chi connectivity index (χ3n) is 4.26. The quantitative estimate of drug-likeness (QED) is 0.489. The topological polar surface area (TPSA) is 87.3 Å². The van der Waals surface area contributed by atoms with E-state index in [0.29, 0.717) is 30.8 Å². The Labute approximate surface area is 162 Å². The van der Waals surface area contributed by atoms with Crippen LogP contribution in [-0.2, 0) is 9.59 Å². The van der Waals surface area contributed by atoms with Crippen molar-refractivity contribution in [3.8, 4) is 0 Å². The molecule has 150 valence electrons. The average Bonchev–Trinajstić information content (AvgIpc) is 2.65. The van der Waals surface area contributed by atoms with Crippen LogP contribution in [0.5, 0.6) is 0 Å². The standard InChI is InChI=1S/C21H33N3O3/c1-4-7-16(8-5-2)20(26)22-14-15-23-21(27)17-10-12-18(13-11-17)24-19(25)9-6-3/h10-13,16H,4-9,14-15H2,1-3H3,(H,22,26)(H,23,27)(H,24,25). The summed E-state index contributed by atoms with van der Waals surface area (Å²) in [5, 5.41) is 8.48. The number of benzene rings is 1. The van der Waals surface area contributed by atoms with Crippen molar-refractivity contribution >= 4 is 23.4 Å². The van der Waals surface area contributed by atoms with Gasteiger partial charge < -0.3 is 16.0 Å². The summed E-state index contributed by atoms with van der Waals surface area (Å²) >= 11 is 0. The van der Waals surface area contributed by atoms with Crippen molar-refractivity contribution in [1.82, 2.24) is 10.6 Å². The predicted molar refractivity (Wildman–Crippen MR) is 109 cm³/mol. The smallest absolute Gasteiger partial charge is 0.251 e. The van der Waals surface area contributed by atoms with Crippen LogP contribution < -0.4 is 16.0 Å². The third kappa shape index (κ3) is 8.71. The van der Waals surface area contributed by atoms with Crippen molar-refractivity contribution < 1.29 is 14.4 Å². The monoisotopic (exact) mass is 375 g/mol. The van der Waals surface area contributed by atoms with Gasteiger partial charge in [0.15, 0.2) is 0 Å². The zero-order valence-corrected chi connectivity index (χ0v) is 16.8. The van der Waals surface area contributed by atoms with Crippen LogP contribution in [0.1, 0.15) is 69.7 Å². The normalized spacial score (nSPS) is 10.5. The fraction of sp³-hybridized carbons (Fsp3) is 0.571. The van der Waals surface area contributed by atoms with Gasteiger partial charge in [-0.05, 0) is 43.5 Å². The van der Waals surface area contributed by atoms with Crippen LogP contribution in [0.3, 0.4) is 0 Å². The lowest BCUT2D eigenvalue weighted by Gasteiger charge is -2.15. The summed E-state index contributed by atoms with van der Waals surface area (Å²) in [5.74, 6) is -0.101. The molecule has 0 radical (unpaired) electrons. The van der Waals surface area contributed by atoms with Crippen molar-refractivity contribution in [2.45, 2.75) is 59.3 Å². The minimum absolute atomic E-state index is 0.0325. The highest BCUT2D eigenvalue weighted by Crippen LogP contribution is 2.13. The van der Waals surface area contributed by atoms with Gasteiger partial charge in [-0.2, -0.15) is 0 Å². The lowest BCUT2D eigenvalue weighted by molar-refractivity contribution is -0.125. The molecule has 0 spiro atoms. The number of amides is 3. The first-order valence-corrected chi connectivity index (χ1v) is 9.97. The molecule has 0 fully saturated rings. The van der Waals surface area contributed by atoms with E-state index < -0.39 is 0 Å². The Balaban J connectivity index is 2.37. The molecule has 3 amide bonds. The summed E-state index contributed by atoms with van der Waals surface area (Å²) in [7, 11) is 0. The minimum atomic E-state index is -0.200. The average molecular weight is 376 g/mol. The number of anilines is 1. The molecule has 1 aromatic carbocycles. The Bertz CT molecular complexity index is 593. The van der Waals surface area contributed by atoms with Crippen molar-refractivity contribution in [1.29, 1.82) is 0 Å². The number of carbonyl (C=O) groups is 3. The summed E-state index contributed by atoms with van der Waals surface area (Å²) in [6.07, 6.45) is 5.04. The Kier molecular flexibility index (Phi) is 10.8. The molecule has 6 heteroatoms. The lowest BCUT2D eigenvalue weighted by Crippen LogP contribution is -2.37. The van der Waals surface area contributed by atoms with E-state index in [-0.39, 0.29) is 23.6 Å². The summed E-state index contributed by atoms with van der Waals surface area (Å²) in [6, 6.07) is 6.77. The van der Waals surface area contributed by atoms with E-state index in [9.17, 15) is 14.4 Å². The SMILES string of the molecule is CCCC(=O)Nc1ccc(C(=O)NCCNC(=O)C(CCC)CCC)cc1. The van der Waals surface area contributed by atoms with Gasteiger partial charge in [0.2, 0.25) is 11.8 Å². The Morgan fingerprint density at radius 3 is 2.00 bits per heavy atom. The second-order valence-electron chi connectivity index (χ2n) is 6.70. The third-order valence-corrected chi connectivity index (χ3v) is 4.26. The summed E-state index contributed by atoms with van der Waals surface area (Å²) in [6.45, 7) is 6.90. The molecule has 0 aliphatic heterocycles. The van der Waals surface area contributed by atoms with E-state index in [4.69, 9.17) is 0 Å². The van der Waals surface area contributed by atoms with Crippen molar-refractivity contribution in [3.63, 3.8) is 0 Å². The molecule has 0 saturated carbocycles. The van der Waals surface area contributed by atoms with Crippen molar-refractivity contribution in [2.75, 3.05) is 18.4 Å². The number of hydrogen-bond donors (Lipinski definition) is 3. The molecule has 6 nitrogen and oxygen atoms in total. The number of nitrogens with one attached hydrogen (secondary N) is 3. The maximum atomic E-state index is 12.2. The van der Waals surface area contributed by atoms with Crippen LogP contribution in [0.15, 0.2) is 24.3 Å². The molecular weight excluding hydrogens is 342 g/mol. The molecular formula is C21H33N3O3. The minimum Gasteiger partial charge on any atom is -0.354 e. The molecule has 1 aromatic rings. The van der Waals surface area contributed by atoms with Crippen LogP contribution in [0.4, 0.5) is 5.69 Å². The molecule has 0 unspecified atom stereocenters. The van der Waals surface area contributed by atoms with Gasteiger partial charge in [-0.3, -0.25) is 14.4 Å². The van der Waals surface area contributed by atoms with Gasteiger partial charge in [0.05, 0.1) is 0 Å². The number of hydrogen-bond acceptors (Lipinski definition) is 3. The molecule has 3 N–H and O–H groups in total. The number of rotatable bonds is 12. The van der Waals surface area contributed by atoms with Crippen LogP contribution in [-0.4, -0.2) is 30.8 Å². The van der Waals surface area contributed by atoms with Crippen LogP contribution in [0.2, 0.25) is 0 Å². The van der Waals surface area contributed by atoms with E-state index >= 15 is 0 Å². The first-order chi connectivity index (χ1) is 13.0. The van der Waals surface area contributed by atoms with Gasteiger partial charge in [-0.1, -0.05) is 33.6 Å². The second kappa shape index (κ2) is 12.9. The highest BCUT2D eigenvalue weighted by Gasteiger charge is 2.15. The van der Waals surface area contributed by atoms with Crippen molar-refractivity contribution in [3.05, 3.63) is 29.8 Å². The first-order valence-electron chi connectivity index (χ1n) is 9.97. The van der Waals surface area contributed by atoms with E-state index in [0.717, 1.165) is 32.1 Å². The van der Waals surface area contributed by atoms with Gasteiger partial charge in [0, 0.05) is 36.7 Å². The molecule has 0 bridgehead atoms. The molecule has 0 aliphatic rings. The number of carbonyl (C=O) groups excluding carboxylic acids is 3. The van der Waals surface area contributed by atoms with E-state index in [1.807, 2.05) is 6.92 Å². The van der Waals surface area contributed by atoms with Gasteiger partial charge in [-0.15, -0.1) is 0 Å². The molecule has 0 aliphatic carbocycles. The maximum Gasteiger partial charge on any atom is 0.251 e. The van der Waals surface area contributed by atoms with Gasteiger partial charge in [-0.25, -0.2) is 0 Å². The maximum absolute atomic E-state index is 12.2. The molecule has 0 aromatic heterocycles. The zero-order chi connectivity index (χ0) is 20.1. The molecule has 0 atom stereocenters. The van der Waals surface area contributed by atoms with Crippen LogP contribution in [0.25, 0.3) is 0 Å². The molecule has 0 saturated heterocycles. The first kappa shape index (κ1) is 22.7. The predicted octanol–water partition coefficient (Wildman–Crippen LogP) is 3.49. The van der Waals surface area contributed by atoms with Gasteiger partial charge in [0.25, 0.3) is 5.91 Å².